The molecule has 0 saturated carbocycles. The summed E-state index contributed by atoms with van der Waals surface area (Å²) < 4.78 is 25.9. The predicted molar refractivity (Wildman–Crippen MR) is 74.7 cm³/mol. The summed E-state index contributed by atoms with van der Waals surface area (Å²) in [7, 11) is 0. The van der Waals surface area contributed by atoms with Crippen LogP contribution in [0.5, 0.6) is 0 Å². The van der Waals surface area contributed by atoms with E-state index in [1.54, 1.807) is 10.6 Å². The molecule has 2 aromatic rings. The number of anilines is 1. The molecule has 1 amide bonds. The summed E-state index contributed by atoms with van der Waals surface area (Å²) in [5.74, 6) is 0.0972. The SMILES string of the molecule is O=C(NCC(F)F)C1CCCN(c2ccc3nncn3n2)C1. The zero-order chi connectivity index (χ0) is 15.5. The monoisotopic (exact) mass is 310 g/mol. The van der Waals surface area contributed by atoms with Crippen LogP contribution in [0.1, 0.15) is 12.8 Å². The largest absolute Gasteiger partial charge is 0.354 e. The van der Waals surface area contributed by atoms with Crippen molar-refractivity contribution in [3.8, 4) is 0 Å². The van der Waals surface area contributed by atoms with Crippen LogP contribution in [0.2, 0.25) is 0 Å². The molecule has 1 N–H and O–H groups in total. The van der Waals surface area contributed by atoms with E-state index in [1.807, 2.05) is 11.0 Å². The summed E-state index contributed by atoms with van der Waals surface area (Å²) in [5, 5.41) is 14.3. The van der Waals surface area contributed by atoms with Gasteiger partial charge in [-0.2, -0.15) is 4.52 Å². The maximum atomic E-state index is 12.2. The van der Waals surface area contributed by atoms with Gasteiger partial charge in [0.05, 0.1) is 12.5 Å². The Morgan fingerprint density at radius 1 is 1.45 bits per heavy atom. The van der Waals surface area contributed by atoms with Gasteiger partial charge in [-0.15, -0.1) is 15.3 Å². The number of piperidine rings is 1. The molecule has 0 spiro atoms. The van der Waals surface area contributed by atoms with Gasteiger partial charge < -0.3 is 10.2 Å². The number of halogens is 2. The lowest BCUT2D eigenvalue weighted by atomic mass is 9.97. The summed E-state index contributed by atoms with van der Waals surface area (Å²) >= 11 is 0. The molecule has 7 nitrogen and oxygen atoms in total. The van der Waals surface area contributed by atoms with E-state index in [1.165, 1.54) is 6.33 Å². The lowest BCUT2D eigenvalue weighted by molar-refractivity contribution is -0.125. The number of carbonyl (C=O) groups excluding carboxylic acids is 1. The van der Waals surface area contributed by atoms with E-state index in [-0.39, 0.29) is 11.8 Å². The molecule has 3 rings (SSSR count). The predicted octanol–water partition coefficient (Wildman–Crippen LogP) is 0.722. The van der Waals surface area contributed by atoms with Crippen molar-refractivity contribution >= 4 is 17.4 Å². The highest BCUT2D eigenvalue weighted by Gasteiger charge is 2.27. The Kier molecular flexibility index (Phi) is 4.12. The van der Waals surface area contributed by atoms with Crippen LogP contribution in [-0.4, -0.2) is 51.8 Å². The van der Waals surface area contributed by atoms with E-state index in [0.29, 0.717) is 18.6 Å². The second kappa shape index (κ2) is 6.20. The molecule has 2 aromatic heterocycles. The van der Waals surface area contributed by atoms with E-state index < -0.39 is 13.0 Å². The molecule has 0 bridgehead atoms. The minimum Gasteiger partial charge on any atom is -0.354 e. The van der Waals surface area contributed by atoms with Crippen molar-refractivity contribution in [3.05, 3.63) is 18.5 Å². The van der Waals surface area contributed by atoms with E-state index in [0.717, 1.165) is 18.8 Å². The van der Waals surface area contributed by atoms with Crippen molar-refractivity contribution in [1.29, 1.82) is 0 Å². The molecule has 22 heavy (non-hydrogen) atoms. The second-order valence-electron chi connectivity index (χ2n) is 5.25. The fourth-order valence-electron chi connectivity index (χ4n) is 2.61. The molecule has 3 heterocycles. The molecule has 1 aliphatic rings. The standard InChI is InChI=1S/C13H16F2N6O/c14-10(15)6-16-13(22)9-2-1-5-20(7-9)12-4-3-11-18-17-8-21(11)19-12/h3-4,8-10H,1-2,5-7H2,(H,16,22). The van der Waals surface area contributed by atoms with Crippen molar-refractivity contribution in [3.63, 3.8) is 0 Å². The Hall–Kier alpha value is -2.32. The molecular weight excluding hydrogens is 294 g/mol. The van der Waals surface area contributed by atoms with Crippen LogP contribution in [0, 0.1) is 5.92 Å². The minimum absolute atomic E-state index is 0.300. The zero-order valence-corrected chi connectivity index (χ0v) is 11.8. The summed E-state index contributed by atoms with van der Waals surface area (Å²) in [6, 6.07) is 3.62. The number of alkyl halides is 2. The average Bonchev–Trinajstić information content (AvgIpc) is 3.00. The van der Waals surface area contributed by atoms with Gasteiger partial charge in [0.2, 0.25) is 5.91 Å². The summed E-state index contributed by atoms with van der Waals surface area (Å²) in [6.45, 7) is 0.648. The Labute approximate surface area is 125 Å². The number of rotatable bonds is 4. The van der Waals surface area contributed by atoms with Crippen LogP contribution < -0.4 is 10.2 Å². The van der Waals surface area contributed by atoms with Crippen molar-refractivity contribution in [2.45, 2.75) is 19.3 Å². The minimum atomic E-state index is -2.53. The van der Waals surface area contributed by atoms with Crippen LogP contribution in [0.15, 0.2) is 18.5 Å². The zero-order valence-electron chi connectivity index (χ0n) is 11.8. The smallest absolute Gasteiger partial charge is 0.255 e. The van der Waals surface area contributed by atoms with Crippen molar-refractivity contribution in [1.82, 2.24) is 25.1 Å². The molecule has 9 heteroatoms. The highest BCUT2D eigenvalue weighted by Crippen LogP contribution is 2.21. The maximum absolute atomic E-state index is 12.2. The number of aromatic nitrogens is 4. The third-order valence-electron chi connectivity index (χ3n) is 3.69. The van der Waals surface area contributed by atoms with Crippen LogP contribution in [-0.2, 0) is 4.79 Å². The fourth-order valence-corrected chi connectivity index (χ4v) is 2.61. The van der Waals surface area contributed by atoms with Gasteiger partial charge in [-0.25, -0.2) is 8.78 Å². The Balaban J connectivity index is 1.68. The Morgan fingerprint density at radius 3 is 3.14 bits per heavy atom. The first-order chi connectivity index (χ1) is 10.6. The topological polar surface area (TPSA) is 75.4 Å². The van der Waals surface area contributed by atoms with Crippen LogP contribution in [0.25, 0.3) is 5.65 Å². The van der Waals surface area contributed by atoms with Gasteiger partial charge in [0, 0.05) is 13.1 Å². The third-order valence-corrected chi connectivity index (χ3v) is 3.69. The van der Waals surface area contributed by atoms with Gasteiger partial charge >= 0.3 is 0 Å². The molecule has 0 aromatic carbocycles. The van der Waals surface area contributed by atoms with Gasteiger partial charge in [0.1, 0.15) is 12.1 Å². The van der Waals surface area contributed by atoms with Gasteiger partial charge in [0.25, 0.3) is 6.43 Å². The molecule has 1 fully saturated rings. The number of amides is 1. The molecule has 0 radical (unpaired) electrons. The highest BCUT2D eigenvalue weighted by atomic mass is 19.3. The number of carbonyl (C=O) groups is 1. The lowest BCUT2D eigenvalue weighted by Crippen LogP contribution is -2.44. The first kappa shape index (κ1) is 14.6. The number of fused-ring (bicyclic) bond motifs is 1. The molecule has 1 saturated heterocycles. The van der Waals surface area contributed by atoms with Gasteiger partial charge in [-0.05, 0) is 25.0 Å². The quantitative estimate of drug-likeness (QED) is 0.901. The van der Waals surface area contributed by atoms with Gasteiger partial charge in [0.15, 0.2) is 5.65 Å². The third kappa shape index (κ3) is 3.12. The molecule has 118 valence electrons. The number of nitrogens with one attached hydrogen (secondary N) is 1. The van der Waals surface area contributed by atoms with Crippen LogP contribution in [0.3, 0.4) is 0 Å². The van der Waals surface area contributed by atoms with Crippen molar-refractivity contribution in [2.24, 2.45) is 5.92 Å². The number of hydrogen-bond acceptors (Lipinski definition) is 5. The molecule has 1 atom stereocenters. The maximum Gasteiger partial charge on any atom is 0.255 e. The number of nitrogens with zero attached hydrogens (tertiary/aromatic N) is 5. The van der Waals surface area contributed by atoms with Gasteiger partial charge in [-0.1, -0.05) is 0 Å². The van der Waals surface area contributed by atoms with Gasteiger partial charge in [-0.3, -0.25) is 4.79 Å². The van der Waals surface area contributed by atoms with Crippen molar-refractivity contribution in [2.75, 3.05) is 24.5 Å². The molecule has 1 aliphatic heterocycles. The summed E-state index contributed by atoms with van der Waals surface area (Å²) in [6.07, 6.45) is 0.492. The molecule has 1 unspecified atom stereocenters. The van der Waals surface area contributed by atoms with E-state index >= 15 is 0 Å². The average molecular weight is 310 g/mol. The van der Waals surface area contributed by atoms with E-state index in [2.05, 4.69) is 20.6 Å². The van der Waals surface area contributed by atoms with E-state index in [9.17, 15) is 13.6 Å². The molecular formula is C13H16F2N6O. The second-order valence-corrected chi connectivity index (χ2v) is 5.25. The van der Waals surface area contributed by atoms with E-state index in [4.69, 9.17) is 0 Å². The first-order valence-corrected chi connectivity index (χ1v) is 7.11. The Morgan fingerprint density at radius 2 is 2.32 bits per heavy atom. The summed E-state index contributed by atoms with van der Waals surface area (Å²) in [4.78, 5) is 13.9. The molecule has 0 aliphatic carbocycles. The fraction of sp³-hybridized carbons (Fsp3) is 0.538. The summed E-state index contributed by atoms with van der Waals surface area (Å²) in [5.41, 5.74) is 0.645. The van der Waals surface area contributed by atoms with Crippen molar-refractivity contribution < 1.29 is 13.6 Å². The first-order valence-electron chi connectivity index (χ1n) is 7.11. The normalized spacial score (nSPS) is 18.9. The lowest BCUT2D eigenvalue weighted by Gasteiger charge is -2.32. The number of hydrogen-bond donors (Lipinski definition) is 1. The Bertz CT molecular complexity index is 661. The van der Waals surface area contributed by atoms with Crippen LogP contribution >= 0.6 is 0 Å². The highest BCUT2D eigenvalue weighted by molar-refractivity contribution is 5.79. The van der Waals surface area contributed by atoms with Crippen LogP contribution in [0.4, 0.5) is 14.6 Å².